The first kappa shape index (κ1) is 24.1. The van der Waals surface area contributed by atoms with E-state index in [9.17, 15) is 4.79 Å². The Balaban J connectivity index is 1.41. The maximum Gasteiger partial charge on any atom is 0.374 e. The fourth-order valence-corrected chi connectivity index (χ4v) is 5.62. The molecule has 0 saturated carbocycles. The van der Waals surface area contributed by atoms with Gasteiger partial charge in [0.05, 0.1) is 18.3 Å². The highest BCUT2D eigenvalue weighted by Gasteiger charge is 2.42. The van der Waals surface area contributed by atoms with Crippen molar-refractivity contribution in [2.45, 2.75) is 46.1 Å². The average Bonchev–Trinajstić information content (AvgIpc) is 3.49. The predicted molar refractivity (Wildman–Crippen MR) is 136 cm³/mol. The minimum Gasteiger partial charge on any atom is -0.492 e. The zero-order valence-electron chi connectivity index (χ0n) is 21.1. The zero-order valence-corrected chi connectivity index (χ0v) is 21.1. The van der Waals surface area contributed by atoms with E-state index in [1.807, 2.05) is 19.2 Å². The smallest absolute Gasteiger partial charge is 0.374 e. The third-order valence-corrected chi connectivity index (χ3v) is 7.45. The van der Waals surface area contributed by atoms with Crippen molar-refractivity contribution in [1.82, 2.24) is 19.5 Å². The molecular weight excluding hydrogens is 456 g/mol. The van der Waals surface area contributed by atoms with E-state index in [0.29, 0.717) is 29.3 Å². The van der Waals surface area contributed by atoms with Gasteiger partial charge in [0, 0.05) is 48.4 Å². The van der Waals surface area contributed by atoms with Crippen LogP contribution in [0.25, 0.3) is 16.6 Å². The molecule has 0 radical (unpaired) electrons. The van der Waals surface area contributed by atoms with Crippen LogP contribution in [-0.2, 0) is 4.74 Å². The molecule has 1 atom stereocenters. The van der Waals surface area contributed by atoms with Gasteiger partial charge in [0.15, 0.2) is 5.69 Å². The zero-order chi connectivity index (χ0) is 25.3. The SMILES string of the molecule is CCOc1cc(-c2ccc(N3CC[C@@]4(CCCN(C(C)C)C4)C3)nc2)c2cc(C(=O)OC#N)nn2c1. The lowest BCUT2D eigenvalue weighted by Gasteiger charge is -2.42. The van der Waals surface area contributed by atoms with Crippen LogP contribution in [0.2, 0.25) is 0 Å². The molecule has 3 aromatic rings. The average molecular weight is 489 g/mol. The van der Waals surface area contributed by atoms with E-state index in [2.05, 4.69) is 45.6 Å². The van der Waals surface area contributed by atoms with E-state index in [0.717, 1.165) is 30.0 Å². The summed E-state index contributed by atoms with van der Waals surface area (Å²) in [6.07, 6.45) is 8.74. The number of likely N-dealkylation sites (tertiary alicyclic amines) is 1. The van der Waals surface area contributed by atoms with Crippen molar-refractivity contribution in [2.75, 3.05) is 37.7 Å². The van der Waals surface area contributed by atoms with E-state index < -0.39 is 5.97 Å². The summed E-state index contributed by atoms with van der Waals surface area (Å²) in [7, 11) is 0. The minimum absolute atomic E-state index is 0.0568. The van der Waals surface area contributed by atoms with E-state index in [1.54, 1.807) is 16.8 Å². The van der Waals surface area contributed by atoms with Crippen LogP contribution >= 0.6 is 0 Å². The first-order chi connectivity index (χ1) is 17.4. The molecule has 5 rings (SSSR count). The summed E-state index contributed by atoms with van der Waals surface area (Å²) in [6.45, 7) is 11.4. The second-order valence-corrected chi connectivity index (χ2v) is 10.1. The summed E-state index contributed by atoms with van der Waals surface area (Å²) >= 11 is 0. The van der Waals surface area contributed by atoms with Gasteiger partial charge in [-0.1, -0.05) is 0 Å². The summed E-state index contributed by atoms with van der Waals surface area (Å²) in [5.74, 6) is 0.822. The summed E-state index contributed by atoms with van der Waals surface area (Å²) in [6, 6.07) is 8.25. The normalized spacial score (nSPS) is 20.2. The number of carbonyl (C=O) groups is 1. The Morgan fingerprint density at radius 2 is 2.08 bits per heavy atom. The summed E-state index contributed by atoms with van der Waals surface area (Å²) in [5.41, 5.74) is 2.84. The van der Waals surface area contributed by atoms with Gasteiger partial charge in [0.25, 0.3) is 6.26 Å². The molecule has 36 heavy (non-hydrogen) atoms. The van der Waals surface area contributed by atoms with E-state index in [-0.39, 0.29) is 5.69 Å². The van der Waals surface area contributed by atoms with Crippen molar-refractivity contribution < 1.29 is 14.3 Å². The molecule has 3 aromatic heterocycles. The number of nitrogens with zero attached hydrogens (tertiary/aromatic N) is 6. The lowest BCUT2D eigenvalue weighted by molar-refractivity contribution is 0.0678. The number of anilines is 1. The van der Waals surface area contributed by atoms with Gasteiger partial charge in [-0.05, 0) is 70.8 Å². The lowest BCUT2D eigenvalue weighted by atomic mass is 9.79. The number of piperidine rings is 1. The largest absolute Gasteiger partial charge is 0.492 e. The number of hydrogen-bond donors (Lipinski definition) is 0. The number of esters is 1. The van der Waals surface area contributed by atoms with Gasteiger partial charge in [-0.2, -0.15) is 5.10 Å². The lowest BCUT2D eigenvalue weighted by Crippen LogP contribution is -2.47. The Kier molecular flexibility index (Phi) is 6.54. The molecule has 2 aliphatic heterocycles. The fraction of sp³-hybridized carbons (Fsp3) is 0.481. The van der Waals surface area contributed by atoms with Crippen molar-refractivity contribution in [2.24, 2.45) is 5.41 Å². The second-order valence-electron chi connectivity index (χ2n) is 10.1. The molecule has 0 unspecified atom stereocenters. The number of nitriles is 1. The van der Waals surface area contributed by atoms with Crippen LogP contribution in [0.5, 0.6) is 5.75 Å². The molecule has 5 heterocycles. The number of rotatable bonds is 6. The highest BCUT2D eigenvalue weighted by Crippen LogP contribution is 2.41. The van der Waals surface area contributed by atoms with Gasteiger partial charge in [0.1, 0.15) is 11.6 Å². The van der Waals surface area contributed by atoms with Crippen LogP contribution in [-0.4, -0.2) is 64.3 Å². The maximum atomic E-state index is 12.1. The number of carbonyl (C=O) groups excluding carboxylic acids is 1. The van der Waals surface area contributed by atoms with Crippen molar-refractivity contribution >= 4 is 17.3 Å². The fourth-order valence-electron chi connectivity index (χ4n) is 5.62. The molecule has 0 amide bonds. The number of ether oxygens (including phenoxy) is 2. The number of pyridine rings is 2. The Labute approximate surface area is 211 Å². The molecule has 2 saturated heterocycles. The summed E-state index contributed by atoms with van der Waals surface area (Å²) < 4.78 is 11.8. The molecule has 0 aromatic carbocycles. The topological polar surface area (TPSA) is 96.0 Å². The molecule has 0 bridgehead atoms. The standard InChI is InChI=1S/C27H32N6O3/c1-4-35-21-12-22(24-13-23(26(34)36-18-28)30-33(24)15-21)20-6-7-25(29-14-20)32-11-9-27(17-32)8-5-10-31(16-27)19(2)3/h6-7,12-15,19H,4-5,8-11,16-17H2,1-3H3/t27-/m1/s1. The van der Waals surface area contributed by atoms with Crippen LogP contribution in [0.1, 0.15) is 50.5 Å². The van der Waals surface area contributed by atoms with Crippen LogP contribution in [0.4, 0.5) is 5.82 Å². The quantitative estimate of drug-likeness (QED) is 0.377. The molecule has 9 heteroatoms. The van der Waals surface area contributed by atoms with Crippen LogP contribution in [0.15, 0.2) is 36.7 Å². The molecule has 1 spiro atoms. The highest BCUT2D eigenvalue weighted by atomic mass is 16.5. The third-order valence-electron chi connectivity index (χ3n) is 7.45. The van der Waals surface area contributed by atoms with E-state index >= 15 is 0 Å². The highest BCUT2D eigenvalue weighted by molar-refractivity contribution is 5.92. The number of aromatic nitrogens is 3. The van der Waals surface area contributed by atoms with Crippen LogP contribution in [0.3, 0.4) is 0 Å². The monoisotopic (exact) mass is 488 g/mol. The predicted octanol–water partition coefficient (Wildman–Crippen LogP) is 4.13. The van der Waals surface area contributed by atoms with E-state index in [1.165, 1.54) is 38.6 Å². The van der Waals surface area contributed by atoms with Gasteiger partial charge < -0.3 is 19.3 Å². The van der Waals surface area contributed by atoms with Gasteiger partial charge >= 0.3 is 5.97 Å². The third kappa shape index (κ3) is 4.61. The van der Waals surface area contributed by atoms with Gasteiger partial charge in [-0.3, -0.25) is 0 Å². The van der Waals surface area contributed by atoms with Gasteiger partial charge in [-0.15, -0.1) is 5.26 Å². The first-order valence-electron chi connectivity index (χ1n) is 12.6. The molecule has 2 aliphatic rings. The molecule has 2 fully saturated rings. The Morgan fingerprint density at radius 1 is 1.22 bits per heavy atom. The maximum absolute atomic E-state index is 12.1. The molecule has 9 nitrogen and oxygen atoms in total. The summed E-state index contributed by atoms with van der Waals surface area (Å²) in [4.78, 5) is 21.9. The van der Waals surface area contributed by atoms with Crippen molar-refractivity contribution in [1.29, 1.82) is 5.26 Å². The second kappa shape index (κ2) is 9.78. The first-order valence-corrected chi connectivity index (χ1v) is 12.6. The summed E-state index contributed by atoms with van der Waals surface area (Å²) in [5, 5.41) is 13.0. The molecular formula is C27H32N6O3. The Morgan fingerprint density at radius 3 is 2.81 bits per heavy atom. The van der Waals surface area contributed by atoms with Crippen molar-refractivity contribution in [3.63, 3.8) is 0 Å². The van der Waals surface area contributed by atoms with Gasteiger partial charge in [0.2, 0.25) is 0 Å². The van der Waals surface area contributed by atoms with Crippen molar-refractivity contribution in [3.05, 3.63) is 42.4 Å². The van der Waals surface area contributed by atoms with Crippen LogP contribution in [0, 0.1) is 16.9 Å². The van der Waals surface area contributed by atoms with E-state index in [4.69, 9.17) is 15.0 Å². The Hall–Kier alpha value is -3.64. The number of hydrogen-bond acceptors (Lipinski definition) is 8. The molecule has 0 aliphatic carbocycles. The molecule has 0 N–H and O–H groups in total. The van der Waals surface area contributed by atoms with Gasteiger partial charge in [-0.25, -0.2) is 14.3 Å². The number of fused-ring (bicyclic) bond motifs is 1. The van der Waals surface area contributed by atoms with Crippen LogP contribution < -0.4 is 9.64 Å². The van der Waals surface area contributed by atoms with Crippen molar-refractivity contribution in [3.8, 4) is 23.1 Å². The Bertz CT molecular complexity index is 1300. The minimum atomic E-state index is -0.791. The molecule has 188 valence electrons.